The molecule has 0 unspecified atom stereocenters. The molecular weight excluding hydrogens is 863 g/mol. The number of hydrogen-bond acceptors (Lipinski definition) is 11. The number of ether oxygens (including phenoxy) is 2. The fourth-order valence-corrected chi connectivity index (χ4v) is 6.71. The zero-order valence-electron chi connectivity index (χ0n) is 35.3. The van der Waals surface area contributed by atoms with Crippen molar-refractivity contribution < 1.29 is 38.6 Å². The van der Waals surface area contributed by atoms with Gasteiger partial charge in [0.15, 0.2) is 0 Å². The lowest BCUT2D eigenvalue weighted by atomic mass is 10.1. The molecule has 0 bridgehead atoms. The van der Waals surface area contributed by atoms with Crippen LogP contribution in [0, 0.1) is 0 Å². The van der Waals surface area contributed by atoms with Crippen molar-refractivity contribution in [1.29, 1.82) is 0 Å². The third-order valence-corrected chi connectivity index (χ3v) is 10.3. The van der Waals surface area contributed by atoms with E-state index < -0.39 is 24.2 Å². The second-order valence-electron chi connectivity index (χ2n) is 14.3. The van der Waals surface area contributed by atoms with Crippen LogP contribution in [-0.4, -0.2) is 80.4 Å². The van der Waals surface area contributed by atoms with Crippen molar-refractivity contribution >= 4 is 86.4 Å². The van der Waals surface area contributed by atoms with Crippen LogP contribution >= 0.6 is 23.2 Å². The van der Waals surface area contributed by atoms with Gasteiger partial charge >= 0.3 is 18.2 Å². The number of pyridine rings is 2. The van der Waals surface area contributed by atoms with Gasteiger partial charge in [0.05, 0.1) is 12.1 Å². The van der Waals surface area contributed by atoms with Crippen LogP contribution in [-0.2, 0) is 36.9 Å². The van der Waals surface area contributed by atoms with E-state index in [-0.39, 0.29) is 50.5 Å². The Balaban J connectivity index is 0.000000243. The average molecular weight is 912 g/mol. The fourth-order valence-electron chi connectivity index (χ4n) is 6.30. The number of hydrazine groups is 2. The topological polar surface area (TPSA) is 204 Å². The van der Waals surface area contributed by atoms with Crippen molar-refractivity contribution in [3.63, 3.8) is 0 Å². The Kier molecular flexibility index (Phi) is 18.2. The van der Waals surface area contributed by atoms with Gasteiger partial charge in [-0.15, -0.1) is 0 Å². The van der Waals surface area contributed by atoms with Crippen LogP contribution in [0.25, 0.3) is 21.5 Å². The first-order chi connectivity index (χ1) is 30.8. The minimum Gasteiger partial charge on any atom is -0.481 e. The number of anilines is 2. The Bertz CT molecular complexity index is 2570. The van der Waals surface area contributed by atoms with E-state index in [4.69, 9.17) is 37.8 Å². The molecule has 0 aliphatic carbocycles. The van der Waals surface area contributed by atoms with E-state index in [9.17, 15) is 24.0 Å². The molecule has 64 heavy (non-hydrogen) atoms. The molecule has 0 aliphatic rings. The number of halogens is 2. The van der Waals surface area contributed by atoms with Gasteiger partial charge in [0.25, 0.3) is 0 Å². The van der Waals surface area contributed by atoms with Crippen LogP contribution in [0.2, 0.25) is 10.0 Å². The number of nitrogens with zero attached hydrogens (tertiary/aromatic N) is 4. The molecule has 2 heterocycles. The Morgan fingerprint density at radius 3 is 1.50 bits per heavy atom. The second-order valence-corrected chi connectivity index (χ2v) is 15.2. The van der Waals surface area contributed by atoms with E-state index in [1.807, 2.05) is 72.8 Å². The van der Waals surface area contributed by atoms with Crippen molar-refractivity contribution in [3.05, 3.63) is 143 Å². The lowest BCUT2D eigenvalue weighted by Gasteiger charge is -2.31. The molecule has 16 nitrogen and oxygen atoms in total. The zero-order chi connectivity index (χ0) is 46.0. The number of amides is 4. The molecule has 0 saturated carbocycles. The number of aliphatic carboxylic acids is 1. The maximum Gasteiger partial charge on any atom is 0.412 e. The summed E-state index contributed by atoms with van der Waals surface area (Å²) in [7, 11) is 0. The molecule has 0 fully saturated rings. The molecule has 4 aromatic carbocycles. The summed E-state index contributed by atoms with van der Waals surface area (Å²) < 4.78 is 10.6. The molecular formula is C46H48Cl2N8O8. The predicted octanol–water partition coefficient (Wildman–Crippen LogP) is 8.60. The highest BCUT2D eigenvalue weighted by Crippen LogP contribution is 2.20. The molecule has 2 aromatic heterocycles. The predicted molar refractivity (Wildman–Crippen MR) is 245 cm³/mol. The SMILES string of the molecule is CC(=O)N(NCc1ccccc1Cl)[C@@H](CCC(=O)O)COC(=O)Nc1cc2ccccc2cn1.CC(=O)N(NCc1ccccc1Cl)[C@H](C)COC(=O)Nc1cc2ccccc2cn1. The Morgan fingerprint density at radius 2 is 1.05 bits per heavy atom. The molecule has 0 saturated heterocycles. The second kappa shape index (κ2) is 24.1. The van der Waals surface area contributed by atoms with E-state index >= 15 is 0 Å². The molecule has 18 heteroatoms. The number of carboxylic acids is 1. The van der Waals surface area contributed by atoms with Crippen molar-refractivity contribution in [2.75, 3.05) is 23.8 Å². The van der Waals surface area contributed by atoms with Crippen LogP contribution in [0.5, 0.6) is 0 Å². The lowest BCUT2D eigenvalue weighted by Crippen LogP contribution is -2.50. The number of benzene rings is 4. The van der Waals surface area contributed by atoms with E-state index in [1.54, 1.807) is 55.7 Å². The number of fused-ring (bicyclic) bond motifs is 2. The number of carbonyl (C=O) groups is 5. The monoisotopic (exact) mass is 910 g/mol. The van der Waals surface area contributed by atoms with E-state index in [1.165, 1.54) is 23.9 Å². The third kappa shape index (κ3) is 14.9. The molecule has 0 spiro atoms. The van der Waals surface area contributed by atoms with Crippen LogP contribution < -0.4 is 21.5 Å². The molecule has 0 radical (unpaired) electrons. The highest BCUT2D eigenvalue weighted by Gasteiger charge is 2.25. The summed E-state index contributed by atoms with van der Waals surface area (Å²) in [6, 6.07) is 32.2. The summed E-state index contributed by atoms with van der Waals surface area (Å²) in [6.07, 6.45) is 1.78. The minimum absolute atomic E-state index is 0.00845. The van der Waals surface area contributed by atoms with Gasteiger partial charge in [0.1, 0.15) is 24.8 Å². The first kappa shape index (κ1) is 48.2. The largest absolute Gasteiger partial charge is 0.481 e. The third-order valence-electron chi connectivity index (χ3n) is 9.56. The van der Waals surface area contributed by atoms with Gasteiger partial charge in [-0.3, -0.25) is 35.0 Å². The average Bonchev–Trinajstić information content (AvgIpc) is 3.27. The first-order valence-electron chi connectivity index (χ1n) is 20.1. The number of hydrogen-bond donors (Lipinski definition) is 5. The highest BCUT2D eigenvalue weighted by atomic mass is 35.5. The van der Waals surface area contributed by atoms with Crippen molar-refractivity contribution in [3.8, 4) is 0 Å². The number of nitrogens with one attached hydrogen (secondary N) is 4. The van der Waals surface area contributed by atoms with Crippen LogP contribution in [0.15, 0.2) is 122 Å². The van der Waals surface area contributed by atoms with Crippen LogP contribution in [0.3, 0.4) is 0 Å². The summed E-state index contributed by atoms with van der Waals surface area (Å²) in [5.41, 5.74) is 7.64. The minimum atomic E-state index is -1.02. The van der Waals surface area contributed by atoms with E-state index in [0.717, 1.165) is 32.7 Å². The van der Waals surface area contributed by atoms with Crippen LogP contribution in [0.1, 0.15) is 44.7 Å². The zero-order valence-corrected chi connectivity index (χ0v) is 36.8. The van der Waals surface area contributed by atoms with Gasteiger partial charge < -0.3 is 14.6 Å². The van der Waals surface area contributed by atoms with Crippen molar-refractivity contribution in [1.82, 2.24) is 30.8 Å². The summed E-state index contributed by atoms with van der Waals surface area (Å²) in [6.45, 7) is 4.95. The molecule has 0 aliphatic heterocycles. The van der Waals surface area contributed by atoms with Gasteiger partial charge in [0.2, 0.25) is 11.8 Å². The standard InChI is InChI=1S/C24H25ClN4O5.C22H23ClN4O3/c1-16(30)29(27-14-19-8-4-5-9-21(19)25)20(10-11-23(31)32)15-34-24(33)28-22-12-17-6-2-3-7-18(17)13-26-22;1-15(27(16(2)28)25-13-19-9-5-6-10-20(19)23)14-30-22(29)26-21-11-17-7-3-4-8-18(17)12-24-21/h2-9,12-13,20,27H,10-11,14-15H2,1H3,(H,31,32)(H,26,28,33);3-12,15,25H,13-14H2,1-2H3,(H,24,26,29)/t20-;15-/m01/s1. The Labute approximate surface area is 379 Å². The Morgan fingerprint density at radius 1 is 0.625 bits per heavy atom. The fraction of sp³-hybridized carbons (Fsp3) is 0.239. The smallest absolute Gasteiger partial charge is 0.412 e. The van der Waals surface area contributed by atoms with E-state index in [2.05, 4.69) is 31.5 Å². The summed E-state index contributed by atoms with van der Waals surface area (Å²) in [5.74, 6) is -0.875. The van der Waals surface area contributed by atoms with Gasteiger partial charge in [-0.1, -0.05) is 108 Å². The molecule has 5 N–H and O–H groups in total. The lowest BCUT2D eigenvalue weighted by molar-refractivity contribution is -0.141. The molecule has 334 valence electrons. The van der Waals surface area contributed by atoms with Crippen molar-refractivity contribution in [2.24, 2.45) is 0 Å². The number of carboxylic acid groups (broad SMARTS) is 1. The maximum absolute atomic E-state index is 12.4. The van der Waals surface area contributed by atoms with Gasteiger partial charge in [0, 0.05) is 66.6 Å². The quantitative estimate of drug-likeness (QED) is 0.0546. The molecule has 2 atom stereocenters. The van der Waals surface area contributed by atoms with Gasteiger partial charge in [-0.2, -0.15) is 0 Å². The molecule has 6 aromatic rings. The number of aromatic nitrogens is 2. The van der Waals surface area contributed by atoms with Gasteiger partial charge in [-0.25, -0.2) is 30.4 Å². The Hall–Kier alpha value is -6.85. The highest BCUT2D eigenvalue weighted by molar-refractivity contribution is 6.31. The van der Waals surface area contributed by atoms with E-state index in [0.29, 0.717) is 28.2 Å². The van der Waals surface area contributed by atoms with Crippen LogP contribution in [0.4, 0.5) is 21.2 Å². The van der Waals surface area contributed by atoms with Crippen molar-refractivity contribution in [2.45, 2.75) is 58.8 Å². The molecule has 4 amide bonds. The summed E-state index contributed by atoms with van der Waals surface area (Å²) >= 11 is 12.3. The maximum atomic E-state index is 12.4. The van der Waals surface area contributed by atoms with Gasteiger partial charge in [-0.05, 0) is 59.5 Å². The first-order valence-corrected chi connectivity index (χ1v) is 20.8. The number of rotatable bonds is 17. The normalized spacial score (nSPS) is 11.6. The molecule has 6 rings (SSSR count). The summed E-state index contributed by atoms with van der Waals surface area (Å²) in [4.78, 5) is 68.4. The number of carbonyl (C=O) groups excluding carboxylic acids is 4. The summed E-state index contributed by atoms with van der Waals surface area (Å²) in [5, 5.41) is 21.9.